The highest BCUT2D eigenvalue weighted by molar-refractivity contribution is 7.15. The molecule has 0 bridgehead atoms. The molecule has 1 aromatic heterocycles. The molecular formula is C17H12F3N3OS. The van der Waals surface area contributed by atoms with Crippen LogP contribution >= 0.6 is 11.3 Å². The van der Waals surface area contributed by atoms with Crippen molar-refractivity contribution in [2.45, 2.75) is 12.6 Å². The lowest BCUT2D eigenvalue weighted by molar-refractivity contribution is -0.137. The van der Waals surface area contributed by atoms with E-state index < -0.39 is 23.2 Å². The summed E-state index contributed by atoms with van der Waals surface area (Å²) in [5.41, 5.74) is -0.407. The molecule has 0 saturated heterocycles. The average Bonchev–Trinajstić information content (AvgIpc) is 3.02. The van der Waals surface area contributed by atoms with Crippen LogP contribution in [0.4, 0.5) is 18.3 Å². The predicted molar refractivity (Wildman–Crippen MR) is 88.6 cm³/mol. The van der Waals surface area contributed by atoms with E-state index in [1.54, 1.807) is 0 Å². The van der Waals surface area contributed by atoms with E-state index in [0.717, 1.165) is 29.0 Å². The van der Waals surface area contributed by atoms with E-state index in [1.165, 1.54) is 12.1 Å². The molecule has 0 saturated carbocycles. The molecular weight excluding hydrogens is 351 g/mol. The Morgan fingerprint density at radius 1 is 1.00 bits per heavy atom. The van der Waals surface area contributed by atoms with Crippen LogP contribution < -0.4 is 5.32 Å². The molecule has 0 unspecified atom stereocenters. The number of anilines is 1. The van der Waals surface area contributed by atoms with Crippen molar-refractivity contribution >= 4 is 22.4 Å². The van der Waals surface area contributed by atoms with Gasteiger partial charge in [0.2, 0.25) is 5.13 Å². The van der Waals surface area contributed by atoms with Crippen molar-refractivity contribution in [3.05, 3.63) is 76.3 Å². The first-order valence-corrected chi connectivity index (χ1v) is 8.09. The number of alkyl halides is 3. The second-order valence-corrected chi connectivity index (χ2v) is 6.22. The van der Waals surface area contributed by atoms with Gasteiger partial charge in [-0.05, 0) is 17.7 Å². The van der Waals surface area contributed by atoms with Gasteiger partial charge in [0.05, 0.1) is 11.1 Å². The van der Waals surface area contributed by atoms with Crippen LogP contribution in [0.25, 0.3) is 0 Å². The Labute approximate surface area is 145 Å². The molecule has 2 aromatic carbocycles. The zero-order valence-corrected chi connectivity index (χ0v) is 13.6. The Hall–Kier alpha value is -2.74. The number of nitrogens with zero attached hydrogens (tertiary/aromatic N) is 2. The van der Waals surface area contributed by atoms with Gasteiger partial charge < -0.3 is 0 Å². The number of hydrogen-bond acceptors (Lipinski definition) is 4. The monoisotopic (exact) mass is 363 g/mol. The Morgan fingerprint density at radius 3 is 2.40 bits per heavy atom. The Bertz CT molecular complexity index is 878. The Morgan fingerprint density at radius 2 is 1.68 bits per heavy atom. The molecule has 4 nitrogen and oxygen atoms in total. The molecule has 0 atom stereocenters. The standard InChI is InChI=1S/C17H12F3N3OS/c18-17(19,20)13-9-5-4-8-12(13)15(24)21-16-23-22-14(25-16)10-11-6-2-1-3-7-11/h1-9H,10H2,(H,21,23,24). The van der Waals surface area contributed by atoms with Crippen LogP contribution in [0.1, 0.15) is 26.5 Å². The van der Waals surface area contributed by atoms with E-state index in [9.17, 15) is 18.0 Å². The highest BCUT2D eigenvalue weighted by Gasteiger charge is 2.35. The summed E-state index contributed by atoms with van der Waals surface area (Å²) in [6.45, 7) is 0. The molecule has 0 radical (unpaired) electrons. The number of nitrogens with one attached hydrogen (secondary N) is 1. The van der Waals surface area contributed by atoms with Gasteiger partial charge in [-0.3, -0.25) is 10.1 Å². The second kappa shape index (κ2) is 7.02. The first-order chi connectivity index (χ1) is 11.9. The van der Waals surface area contributed by atoms with Gasteiger partial charge in [0, 0.05) is 6.42 Å². The van der Waals surface area contributed by atoms with Crippen LogP contribution in [0.3, 0.4) is 0 Å². The van der Waals surface area contributed by atoms with Crippen molar-refractivity contribution in [2.24, 2.45) is 0 Å². The van der Waals surface area contributed by atoms with Gasteiger partial charge in [-0.1, -0.05) is 53.8 Å². The zero-order valence-electron chi connectivity index (χ0n) is 12.7. The number of amides is 1. The number of rotatable bonds is 4. The molecule has 128 valence electrons. The SMILES string of the molecule is O=C(Nc1nnc(Cc2ccccc2)s1)c1ccccc1C(F)(F)F. The van der Waals surface area contributed by atoms with Gasteiger partial charge in [-0.25, -0.2) is 0 Å². The summed E-state index contributed by atoms with van der Waals surface area (Å²) < 4.78 is 39.0. The van der Waals surface area contributed by atoms with Crippen molar-refractivity contribution in [1.29, 1.82) is 0 Å². The largest absolute Gasteiger partial charge is 0.417 e. The first kappa shape index (κ1) is 17.1. The fraction of sp³-hybridized carbons (Fsp3) is 0.118. The van der Waals surface area contributed by atoms with Crippen LogP contribution in [0.5, 0.6) is 0 Å². The summed E-state index contributed by atoms with van der Waals surface area (Å²) in [5, 5.41) is 11.0. The van der Waals surface area contributed by atoms with Gasteiger partial charge in [0.1, 0.15) is 5.01 Å². The lowest BCUT2D eigenvalue weighted by Gasteiger charge is -2.11. The summed E-state index contributed by atoms with van der Waals surface area (Å²) in [6.07, 6.45) is -4.07. The third-order valence-electron chi connectivity index (χ3n) is 3.36. The van der Waals surface area contributed by atoms with E-state index in [0.29, 0.717) is 11.4 Å². The maximum atomic E-state index is 13.0. The normalized spacial score (nSPS) is 11.3. The first-order valence-electron chi connectivity index (χ1n) is 7.27. The molecule has 0 fully saturated rings. The summed E-state index contributed by atoms with van der Waals surface area (Å²) in [6, 6.07) is 14.2. The average molecular weight is 363 g/mol. The van der Waals surface area contributed by atoms with Crippen LogP contribution in [-0.2, 0) is 12.6 Å². The molecule has 3 rings (SSSR count). The lowest BCUT2D eigenvalue weighted by atomic mass is 10.1. The summed E-state index contributed by atoms with van der Waals surface area (Å²) >= 11 is 1.13. The number of carbonyl (C=O) groups excluding carboxylic acids is 1. The highest BCUT2D eigenvalue weighted by Crippen LogP contribution is 2.32. The quantitative estimate of drug-likeness (QED) is 0.747. The fourth-order valence-electron chi connectivity index (χ4n) is 2.24. The van der Waals surface area contributed by atoms with Crippen LogP contribution in [0.2, 0.25) is 0 Å². The Kier molecular flexibility index (Phi) is 4.80. The molecule has 1 amide bonds. The topological polar surface area (TPSA) is 54.9 Å². The molecule has 8 heteroatoms. The zero-order chi connectivity index (χ0) is 17.9. The van der Waals surface area contributed by atoms with Gasteiger partial charge >= 0.3 is 6.18 Å². The molecule has 0 aliphatic carbocycles. The van der Waals surface area contributed by atoms with Crippen LogP contribution in [0, 0.1) is 0 Å². The minimum Gasteiger partial charge on any atom is -0.296 e. The molecule has 0 spiro atoms. The highest BCUT2D eigenvalue weighted by atomic mass is 32.1. The van der Waals surface area contributed by atoms with Crippen LogP contribution in [0.15, 0.2) is 54.6 Å². The molecule has 0 aliphatic rings. The summed E-state index contributed by atoms with van der Waals surface area (Å²) in [4.78, 5) is 12.2. The maximum Gasteiger partial charge on any atom is 0.417 e. The molecule has 25 heavy (non-hydrogen) atoms. The number of hydrogen-bond donors (Lipinski definition) is 1. The van der Waals surface area contributed by atoms with E-state index in [2.05, 4.69) is 15.5 Å². The van der Waals surface area contributed by atoms with Crippen molar-refractivity contribution in [3.63, 3.8) is 0 Å². The van der Waals surface area contributed by atoms with E-state index >= 15 is 0 Å². The Balaban J connectivity index is 1.75. The second-order valence-electron chi connectivity index (χ2n) is 5.16. The van der Waals surface area contributed by atoms with Crippen LogP contribution in [-0.4, -0.2) is 16.1 Å². The number of benzene rings is 2. The fourth-order valence-corrected chi connectivity index (χ4v) is 3.01. The molecule has 1 N–H and O–H groups in total. The van der Waals surface area contributed by atoms with Crippen molar-refractivity contribution in [1.82, 2.24) is 10.2 Å². The third kappa shape index (κ3) is 4.21. The number of aromatic nitrogens is 2. The molecule has 3 aromatic rings. The summed E-state index contributed by atoms with van der Waals surface area (Å²) in [7, 11) is 0. The van der Waals surface area contributed by atoms with Crippen molar-refractivity contribution in [2.75, 3.05) is 5.32 Å². The molecule has 0 aliphatic heterocycles. The minimum absolute atomic E-state index is 0.160. The van der Waals surface area contributed by atoms with E-state index in [4.69, 9.17) is 0 Å². The molecule has 1 heterocycles. The minimum atomic E-state index is -4.60. The number of carbonyl (C=O) groups is 1. The van der Waals surface area contributed by atoms with Gasteiger partial charge in [0.15, 0.2) is 0 Å². The van der Waals surface area contributed by atoms with Crippen molar-refractivity contribution in [3.8, 4) is 0 Å². The van der Waals surface area contributed by atoms with Gasteiger partial charge in [-0.15, -0.1) is 10.2 Å². The number of halogens is 3. The smallest absolute Gasteiger partial charge is 0.296 e. The predicted octanol–water partition coefficient (Wildman–Crippen LogP) is 4.40. The van der Waals surface area contributed by atoms with Crippen molar-refractivity contribution < 1.29 is 18.0 Å². The maximum absolute atomic E-state index is 13.0. The van der Waals surface area contributed by atoms with Gasteiger partial charge in [-0.2, -0.15) is 13.2 Å². The van der Waals surface area contributed by atoms with Gasteiger partial charge in [0.25, 0.3) is 5.91 Å². The summed E-state index contributed by atoms with van der Waals surface area (Å²) in [5.74, 6) is -0.865. The van der Waals surface area contributed by atoms with E-state index in [-0.39, 0.29) is 5.13 Å². The third-order valence-corrected chi connectivity index (χ3v) is 4.20. The lowest BCUT2D eigenvalue weighted by Crippen LogP contribution is -2.18. The van der Waals surface area contributed by atoms with E-state index in [1.807, 2.05) is 30.3 Å².